The quantitative estimate of drug-likeness (QED) is 0.620. The molecule has 1 atom stereocenters. The Hall–Kier alpha value is -0.220. The van der Waals surface area contributed by atoms with Gasteiger partial charge in [0.2, 0.25) is 0 Å². The van der Waals surface area contributed by atoms with Crippen LogP contribution in [-0.4, -0.2) is 35.2 Å². The molecule has 0 aromatic heterocycles. The molecule has 1 unspecified atom stereocenters. The highest BCUT2D eigenvalue weighted by atomic mass is 32.2. The molecule has 78 valence electrons. The molecule has 0 rings (SSSR count). The van der Waals surface area contributed by atoms with Crippen molar-refractivity contribution < 1.29 is 9.90 Å². The third kappa shape index (κ3) is 4.52. The minimum absolute atomic E-state index is 0.686. The molecule has 0 spiro atoms. The molecule has 3 nitrogen and oxygen atoms in total. The molecule has 13 heavy (non-hydrogen) atoms. The van der Waals surface area contributed by atoms with Crippen molar-refractivity contribution in [2.45, 2.75) is 32.2 Å². The maximum absolute atomic E-state index is 10.8. The molecule has 2 N–H and O–H groups in total. The minimum Gasteiger partial charge on any atom is -0.480 e. The second-order valence-electron chi connectivity index (χ2n) is 3.19. The summed E-state index contributed by atoms with van der Waals surface area (Å²) < 4.78 is 0. The van der Waals surface area contributed by atoms with Gasteiger partial charge in [0.25, 0.3) is 0 Å². The Bertz CT molecular complexity index is 164. The van der Waals surface area contributed by atoms with Gasteiger partial charge >= 0.3 is 5.97 Å². The van der Waals surface area contributed by atoms with Crippen LogP contribution in [-0.2, 0) is 4.79 Å². The molecule has 0 fully saturated rings. The zero-order chi connectivity index (χ0) is 10.3. The number of thioether (sulfide) groups is 1. The predicted molar refractivity (Wildman–Crippen MR) is 57.3 cm³/mol. The van der Waals surface area contributed by atoms with Gasteiger partial charge in [-0.1, -0.05) is 6.92 Å². The number of aliphatic carboxylic acids is 1. The molecule has 0 heterocycles. The van der Waals surface area contributed by atoms with Gasteiger partial charge in [-0.2, -0.15) is 11.8 Å². The summed E-state index contributed by atoms with van der Waals surface area (Å²) in [6, 6.07) is 0. The molecular weight excluding hydrogens is 186 g/mol. The van der Waals surface area contributed by atoms with Crippen LogP contribution in [0, 0.1) is 0 Å². The van der Waals surface area contributed by atoms with Crippen molar-refractivity contribution in [3.05, 3.63) is 0 Å². The van der Waals surface area contributed by atoms with Crippen LogP contribution in [0.4, 0.5) is 0 Å². The summed E-state index contributed by atoms with van der Waals surface area (Å²) in [4.78, 5) is 10.8. The fourth-order valence-electron chi connectivity index (χ4n) is 1.01. The Labute approximate surface area is 84.3 Å². The van der Waals surface area contributed by atoms with Crippen LogP contribution in [0.2, 0.25) is 0 Å². The van der Waals surface area contributed by atoms with Crippen LogP contribution in [0.3, 0.4) is 0 Å². The lowest BCUT2D eigenvalue weighted by Gasteiger charge is -2.23. The second-order valence-corrected chi connectivity index (χ2v) is 4.58. The lowest BCUT2D eigenvalue weighted by molar-refractivity contribution is -0.144. The van der Waals surface area contributed by atoms with Gasteiger partial charge in [-0.3, -0.25) is 4.79 Å². The van der Waals surface area contributed by atoms with E-state index < -0.39 is 11.5 Å². The van der Waals surface area contributed by atoms with Crippen LogP contribution < -0.4 is 5.32 Å². The smallest absolute Gasteiger partial charge is 0.323 e. The van der Waals surface area contributed by atoms with Crippen LogP contribution in [0.5, 0.6) is 0 Å². The Morgan fingerprint density at radius 3 is 2.62 bits per heavy atom. The zero-order valence-corrected chi connectivity index (χ0v) is 9.41. The molecule has 4 heteroatoms. The van der Waals surface area contributed by atoms with E-state index in [1.54, 1.807) is 14.0 Å². The molecule has 0 saturated heterocycles. The van der Waals surface area contributed by atoms with Crippen molar-refractivity contribution >= 4 is 17.7 Å². The van der Waals surface area contributed by atoms with Crippen molar-refractivity contribution in [2.75, 3.05) is 18.6 Å². The number of carboxylic acid groups (broad SMARTS) is 1. The maximum atomic E-state index is 10.8. The predicted octanol–water partition coefficient (Wildman–Crippen LogP) is 1.58. The van der Waals surface area contributed by atoms with Gasteiger partial charge in [0, 0.05) is 0 Å². The number of hydrogen-bond donors (Lipinski definition) is 2. The molecule has 0 aromatic rings. The number of carboxylic acids is 1. The van der Waals surface area contributed by atoms with E-state index in [9.17, 15) is 4.79 Å². The fourth-order valence-corrected chi connectivity index (χ4v) is 1.65. The van der Waals surface area contributed by atoms with E-state index in [4.69, 9.17) is 5.11 Å². The molecule has 0 saturated carbocycles. The van der Waals surface area contributed by atoms with Gasteiger partial charge in [0.15, 0.2) is 0 Å². The fraction of sp³-hybridized carbons (Fsp3) is 0.889. The number of hydrogen-bond acceptors (Lipinski definition) is 3. The summed E-state index contributed by atoms with van der Waals surface area (Å²) in [5.41, 5.74) is -0.756. The molecular formula is C9H19NO2S. The van der Waals surface area contributed by atoms with Crippen molar-refractivity contribution in [2.24, 2.45) is 0 Å². The number of carbonyl (C=O) groups is 1. The lowest BCUT2D eigenvalue weighted by atomic mass is 9.97. The number of likely N-dealkylation sites (N-methyl/N-ethyl adjacent to an activating group) is 1. The van der Waals surface area contributed by atoms with E-state index >= 15 is 0 Å². The summed E-state index contributed by atoms with van der Waals surface area (Å²) >= 11 is 1.85. The van der Waals surface area contributed by atoms with Gasteiger partial charge in [0.05, 0.1) is 0 Å². The van der Waals surface area contributed by atoms with E-state index in [1.807, 2.05) is 11.8 Å². The highest BCUT2D eigenvalue weighted by Gasteiger charge is 2.29. The highest BCUT2D eigenvalue weighted by molar-refractivity contribution is 7.99. The Balaban J connectivity index is 3.78. The van der Waals surface area contributed by atoms with Crippen LogP contribution in [0.15, 0.2) is 0 Å². The van der Waals surface area contributed by atoms with Crippen LogP contribution in [0.25, 0.3) is 0 Å². The maximum Gasteiger partial charge on any atom is 0.323 e. The van der Waals surface area contributed by atoms with Crippen molar-refractivity contribution in [3.8, 4) is 0 Å². The summed E-state index contributed by atoms with van der Waals surface area (Å²) in [5, 5.41) is 11.8. The molecule has 0 amide bonds. The van der Waals surface area contributed by atoms with Crippen molar-refractivity contribution in [1.29, 1.82) is 0 Å². The molecule has 0 aliphatic rings. The average Bonchev–Trinajstić information content (AvgIpc) is 2.12. The summed E-state index contributed by atoms with van der Waals surface area (Å²) in [6.45, 7) is 3.84. The summed E-state index contributed by atoms with van der Waals surface area (Å²) in [5.74, 6) is 1.38. The second kappa shape index (κ2) is 6.27. The van der Waals surface area contributed by atoms with Gasteiger partial charge in [0.1, 0.15) is 5.54 Å². The highest BCUT2D eigenvalue weighted by Crippen LogP contribution is 2.14. The minimum atomic E-state index is -0.767. The normalized spacial score (nSPS) is 15.3. The van der Waals surface area contributed by atoms with E-state index in [2.05, 4.69) is 12.2 Å². The number of nitrogens with one attached hydrogen (secondary N) is 1. The van der Waals surface area contributed by atoms with Gasteiger partial charge in [-0.25, -0.2) is 0 Å². The SMILES string of the molecule is CCSCCCC(C)(NC)C(=O)O. The topological polar surface area (TPSA) is 49.3 Å². The zero-order valence-electron chi connectivity index (χ0n) is 8.59. The molecule has 0 aromatic carbocycles. The molecule has 0 aliphatic heterocycles. The van der Waals surface area contributed by atoms with E-state index in [0.29, 0.717) is 6.42 Å². The van der Waals surface area contributed by atoms with Crippen LogP contribution in [0.1, 0.15) is 26.7 Å². The summed E-state index contributed by atoms with van der Waals surface area (Å²) in [6.07, 6.45) is 1.63. The Kier molecular flexibility index (Phi) is 6.16. The summed E-state index contributed by atoms with van der Waals surface area (Å²) in [7, 11) is 1.70. The Morgan fingerprint density at radius 1 is 1.62 bits per heavy atom. The van der Waals surface area contributed by atoms with Crippen molar-refractivity contribution in [1.82, 2.24) is 5.32 Å². The first-order valence-electron chi connectivity index (χ1n) is 4.57. The van der Waals surface area contributed by atoms with Gasteiger partial charge in [-0.05, 0) is 38.3 Å². The van der Waals surface area contributed by atoms with Gasteiger partial charge < -0.3 is 10.4 Å². The van der Waals surface area contributed by atoms with Crippen molar-refractivity contribution in [3.63, 3.8) is 0 Å². The first-order valence-corrected chi connectivity index (χ1v) is 5.72. The number of rotatable bonds is 7. The van der Waals surface area contributed by atoms with Gasteiger partial charge in [-0.15, -0.1) is 0 Å². The van der Waals surface area contributed by atoms with E-state index in [-0.39, 0.29) is 0 Å². The first-order chi connectivity index (χ1) is 6.06. The monoisotopic (exact) mass is 205 g/mol. The lowest BCUT2D eigenvalue weighted by Crippen LogP contribution is -2.47. The standard InChI is InChI=1S/C9H19NO2S/c1-4-13-7-5-6-9(2,10-3)8(11)12/h10H,4-7H2,1-3H3,(H,11,12). The average molecular weight is 205 g/mol. The van der Waals surface area contributed by atoms with E-state index in [1.165, 1.54) is 0 Å². The molecule has 0 aliphatic carbocycles. The molecule has 0 bridgehead atoms. The third-order valence-corrected chi connectivity index (χ3v) is 3.18. The Morgan fingerprint density at radius 2 is 2.23 bits per heavy atom. The molecule has 0 radical (unpaired) electrons. The third-order valence-electron chi connectivity index (χ3n) is 2.19. The first kappa shape index (κ1) is 12.8. The largest absolute Gasteiger partial charge is 0.480 e. The van der Waals surface area contributed by atoms with Crippen LogP contribution >= 0.6 is 11.8 Å². The van der Waals surface area contributed by atoms with E-state index in [0.717, 1.165) is 17.9 Å².